The van der Waals surface area contributed by atoms with Crippen LogP contribution in [0.25, 0.3) is 11.1 Å². The van der Waals surface area contributed by atoms with Crippen molar-refractivity contribution in [3.8, 4) is 22.6 Å². The fraction of sp³-hybridized carbons (Fsp3) is 0.667. The van der Waals surface area contributed by atoms with Crippen LogP contribution >= 0.6 is 0 Å². The van der Waals surface area contributed by atoms with Crippen molar-refractivity contribution in [1.82, 2.24) is 10.2 Å². The molecule has 4 bridgehead atoms. The molecule has 2 aliphatic heterocycles. The summed E-state index contributed by atoms with van der Waals surface area (Å²) in [6, 6.07) is 5.45. The van der Waals surface area contributed by atoms with Crippen LogP contribution in [0.5, 0.6) is 11.5 Å². The van der Waals surface area contributed by atoms with E-state index in [0.29, 0.717) is 37.8 Å². The van der Waals surface area contributed by atoms with Crippen molar-refractivity contribution in [2.24, 2.45) is 29.2 Å². The maximum absolute atomic E-state index is 14.8. The summed E-state index contributed by atoms with van der Waals surface area (Å²) in [6.07, 6.45) is 8.16. The number of aromatic hydroxyl groups is 1. The number of benzene rings is 2. The molecule has 1 fully saturated rings. The molecule has 16 nitrogen and oxygen atoms in total. The van der Waals surface area contributed by atoms with E-state index in [4.69, 9.17) is 20.9 Å². The predicted octanol–water partition coefficient (Wildman–Crippen LogP) is 5.93. The van der Waals surface area contributed by atoms with E-state index in [-0.39, 0.29) is 65.4 Å². The van der Waals surface area contributed by atoms with Crippen LogP contribution in [0.15, 0.2) is 36.4 Å². The molecular formula is C54H82N4O12. The molecule has 2 aromatic rings. The molecule has 1 unspecified atom stereocenters. The number of nitrogens with two attached hydrogens (primary N) is 2. The first-order valence-electron chi connectivity index (χ1n) is 25.8. The molecular weight excluding hydrogens is 897 g/mol. The van der Waals surface area contributed by atoms with Crippen molar-refractivity contribution in [3.63, 3.8) is 0 Å². The van der Waals surface area contributed by atoms with Gasteiger partial charge in [-0.2, -0.15) is 0 Å². The summed E-state index contributed by atoms with van der Waals surface area (Å²) in [5.74, 6) is -4.76. The Balaban J connectivity index is 1.73. The number of likely N-dealkylation sites (N-methyl/N-ethyl adjacent to an activating group) is 1. The number of amides is 2. The summed E-state index contributed by atoms with van der Waals surface area (Å²) in [5, 5.41) is 45.6. The van der Waals surface area contributed by atoms with Gasteiger partial charge >= 0.3 is 0 Å². The molecule has 2 heterocycles. The maximum atomic E-state index is 14.8. The summed E-state index contributed by atoms with van der Waals surface area (Å²) in [5.41, 5.74) is 13.3. The van der Waals surface area contributed by atoms with Crippen molar-refractivity contribution in [2.75, 3.05) is 20.2 Å². The molecule has 16 heteroatoms. The van der Waals surface area contributed by atoms with Gasteiger partial charge < -0.3 is 51.6 Å². The number of carbonyl (C=O) groups is 6. The van der Waals surface area contributed by atoms with Gasteiger partial charge in [-0.15, -0.1) is 0 Å². The molecule has 2 aromatic carbocycles. The average Bonchev–Trinajstić information content (AvgIpc) is 3.33. The van der Waals surface area contributed by atoms with Gasteiger partial charge in [0, 0.05) is 61.6 Å². The van der Waals surface area contributed by atoms with Crippen LogP contribution in [-0.2, 0) is 39.9 Å². The summed E-state index contributed by atoms with van der Waals surface area (Å²) < 4.78 is 12.1. The molecule has 4 rings (SSSR count). The highest BCUT2D eigenvalue weighted by atomic mass is 16.7. The van der Waals surface area contributed by atoms with Crippen molar-refractivity contribution < 1.29 is 58.7 Å². The Bertz CT molecular complexity index is 2040. The first kappa shape index (κ1) is 58.0. The van der Waals surface area contributed by atoms with Gasteiger partial charge in [-0.05, 0) is 74.5 Å². The number of Topliss-reactive ketones (excluding diaryl/α,β-unsaturated/α-hetero) is 4. The van der Waals surface area contributed by atoms with Crippen molar-refractivity contribution >= 4 is 34.9 Å². The molecule has 9 N–H and O–H groups in total. The number of phenols is 1. The van der Waals surface area contributed by atoms with Gasteiger partial charge in [-0.25, -0.2) is 0 Å². The predicted molar refractivity (Wildman–Crippen MR) is 266 cm³/mol. The number of unbranched alkanes of at least 4 members (excludes halogenated alkanes) is 11. The molecule has 0 aromatic heterocycles. The normalized spacial score (nSPS) is 23.7. The standard InChI is InChI=1S/C54H82N4O12/c1-6-7-8-9-10-11-12-13-14-15-16-20-39(61)30-38(19-17-18-25-55)53(68)58(5)49-37-22-24-46(69-54-48(56)51(66)50(65)47(32-59)70-54)41(31-37)40-28-36(21-23-43(40)62)29-42(44(63)26-33(2)35(4)60)57-52(67)34(3)27-45(49)64/h21-24,28,31,33-34,38,42,47-51,54,59,62,65-66H,6-20,25-27,29-30,32,55-56H2,1-5H3,(H,57,67)/t33-,34-,38-,42+,47-,48-,49+,50-,51-,54?/m1/s1. The Morgan fingerprint density at radius 2 is 1.53 bits per heavy atom. The minimum atomic E-state index is -1.55. The quantitative estimate of drug-likeness (QED) is 0.0512. The lowest BCUT2D eigenvalue weighted by atomic mass is 9.87. The molecule has 0 spiro atoms. The van der Waals surface area contributed by atoms with E-state index in [1.807, 2.05) is 0 Å². The second kappa shape index (κ2) is 29.1. The van der Waals surface area contributed by atoms with Crippen LogP contribution in [0.3, 0.4) is 0 Å². The number of phenolic OH excluding ortho intramolecular Hbond substituents is 1. The van der Waals surface area contributed by atoms with Crippen LogP contribution in [0.4, 0.5) is 0 Å². The van der Waals surface area contributed by atoms with Crippen LogP contribution < -0.4 is 21.5 Å². The van der Waals surface area contributed by atoms with Gasteiger partial charge in [-0.3, -0.25) is 28.8 Å². The van der Waals surface area contributed by atoms with Gasteiger partial charge in [0.15, 0.2) is 11.6 Å². The second-order valence-corrected chi connectivity index (χ2v) is 19.9. The largest absolute Gasteiger partial charge is 0.507 e. The Kier molecular flexibility index (Phi) is 24.1. The number of aliphatic hydroxyl groups excluding tert-OH is 3. The first-order valence-corrected chi connectivity index (χ1v) is 25.8. The van der Waals surface area contributed by atoms with Gasteiger partial charge in [0.1, 0.15) is 47.4 Å². The summed E-state index contributed by atoms with van der Waals surface area (Å²) in [7, 11) is 1.49. The smallest absolute Gasteiger partial charge is 0.226 e. The molecule has 0 saturated carbocycles. The third-order valence-electron chi connectivity index (χ3n) is 14.1. The molecule has 2 aliphatic rings. The zero-order chi connectivity index (χ0) is 51.5. The Labute approximate surface area is 414 Å². The monoisotopic (exact) mass is 979 g/mol. The fourth-order valence-corrected chi connectivity index (χ4v) is 9.43. The highest BCUT2D eigenvalue weighted by Gasteiger charge is 2.44. The number of carbonyl (C=O) groups excluding carboxylic acids is 6. The third-order valence-corrected chi connectivity index (χ3v) is 14.1. The maximum Gasteiger partial charge on any atom is 0.226 e. The summed E-state index contributed by atoms with van der Waals surface area (Å²) in [6.45, 7) is 6.51. The minimum Gasteiger partial charge on any atom is -0.507 e. The van der Waals surface area contributed by atoms with Crippen LogP contribution in [0, 0.1) is 17.8 Å². The number of fused-ring (bicyclic) bond motifs is 5. The van der Waals surface area contributed by atoms with Gasteiger partial charge in [0.25, 0.3) is 0 Å². The number of hydrogen-bond donors (Lipinski definition) is 7. The lowest BCUT2D eigenvalue weighted by Crippen LogP contribution is -2.63. The molecule has 390 valence electrons. The lowest BCUT2D eigenvalue weighted by Gasteiger charge is -2.40. The van der Waals surface area contributed by atoms with E-state index in [1.165, 1.54) is 75.9 Å². The molecule has 0 aliphatic carbocycles. The summed E-state index contributed by atoms with van der Waals surface area (Å²) >= 11 is 0. The van der Waals surface area contributed by atoms with E-state index < -0.39 is 90.5 Å². The van der Waals surface area contributed by atoms with Gasteiger partial charge in [-0.1, -0.05) is 104 Å². The molecule has 10 atom stereocenters. The van der Waals surface area contributed by atoms with E-state index >= 15 is 0 Å². The van der Waals surface area contributed by atoms with E-state index in [9.17, 15) is 49.2 Å². The number of hydrogen-bond acceptors (Lipinski definition) is 14. The zero-order valence-electron chi connectivity index (χ0n) is 42.2. The highest BCUT2D eigenvalue weighted by molar-refractivity contribution is 5.97. The topological polar surface area (TPSA) is 269 Å². The van der Waals surface area contributed by atoms with E-state index in [2.05, 4.69) is 12.2 Å². The first-order chi connectivity index (χ1) is 33.4. The molecule has 0 radical (unpaired) electrons. The van der Waals surface area contributed by atoms with Crippen LogP contribution in [0.1, 0.15) is 160 Å². The second-order valence-electron chi connectivity index (χ2n) is 19.9. The Morgan fingerprint density at radius 3 is 2.16 bits per heavy atom. The van der Waals surface area contributed by atoms with Crippen molar-refractivity contribution in [1.29, 1.82) is 0 Å². The Hall–Kier alpha value is -4.58. The number of nitrogens with zero attached hydrogens (tertiary/aromatic N) is 1. The Morgan fingerprint density at radius 1 is 0.871 bits per heavy atom. The number of ketones is 4. The van der Waals surface area contributed by atoms with Crippen LogP contribution in [0.2, 0.25) is 0 Å². The highest BCUT2D eigenvalue weighted by Crippen LogP contribution is 2.41. The van der Waals surface area contributed by atoms with Crippen LogP contribution in [-0.4, -0.2) is 117 Å². The van der Waals surface area contributed by atoms with E-state index in [1.54, 1.807) is 38.1 Å². The lowest BCUT2D eigenvalue weighted by molar-refractivity contribution is -0.239. The zero-order valence-corrected chi connectivity index (χ0v) is 42.2. The molecule has 2 amide bonds. The third kappa shape index (κ3) is 16.8. The van der Waals surface area contributed by atoms with E-state index in [0.717, 1.165) is 25.7 Å². The van der Waals surface area contributed by atoms with Crippen molar-refractivity contribution in [3.05, 3.63) is 47.5 Å². The molecule has 1 saturated heterocycles. The number of ether oxygens (including phenoxy) is 2. The average molecular weight is 979 g/mol. The number of aliphatic hydroxyl groups is 3. The summed E-state index contributed by atoms with van der Waals surface area (Å²) in [4.78, 5) is 84.5. The van der Waals surface area contributed by atoms with Gasteiger partial charge in [0.05, 0.1) is 18.7 Å². The fourth-order valence-electron chi connectivity index (χ4n) is 9.43. The van der Waals surface area contributed by atoms with Crippen molar-refractivity contribution in [2.45, 2.75) is 192 Å². The van der Waals surface area contributed by atoms with Gasteiger partial charge in [0.2, 0.25) is 18.1 Å². The number of rotatable bonds is 27. The molecule has 70 heavy (non-hydrogen) atoms. The minimum absolute atomic E-state index is 0.0153. The SMILES string of the molecule is CCCCCCCCCCCCCC(=O)C[C@@H](CCCCN)C(=O)N(C)[C@@H]1C(=O)C[C@@H](C)C(=O)N[C@H](C(=O)C[C@@H](C)C(C)=O)Cc2ccc(O)c(c2)-c2cc1ccc2OC1O[C@H](CO)[C@@H](O)[C@H](O)[C@H]1N. The number of nitrogens with one attached hydrogen (secondary N) is 1.